The Balaban J connectivity index is 1.79. The van der Waals surface area contributed by atoms with E-state index >= 15 is 0 Å². The molecule has 0 fully saturated rings. The van der Waals surface area contributed by atoms with Crippen molar-refractivity contribution in [3.05, 3.63) is 46.0 Å². The van der Waals surface area contributed by atoms with Crippen LogP contribution in [0.4, 0.5) is 0 Å². The van der Waals surface area contributed by atoms with Crippen molar-refractivity contribution < 1.29 is 4.42 Å². The van der Waals surface area contributed by atoms with E-state index in [-0.39, 0.29) is 0 Å². The fourth-order valence-electron chi connectivity index (χ4n) is 2.22. The third-order valence-corrected chi connectivity index (χ3v) is 4.81. The highest BCUT2D eigenvalue weighted by atomic mass is 32.1. The summed E-state index contributed by atoms with van der Waals surface area (Å²) in [6.07, 6.45) is 4.97. The largest absolute Gasteiger partial charge is 0.469 e. The number of nitrogens with one attached hydrogen (secondary N) is 1. The van der Waals surface area contributed by atoms with E-state index in [1.807, 2.05) is 23.5 Å². The molecule has 0 spiro atoms. The van der Waals surface area contributed by atoms with Crippen LogP contribution in [0.1, 0.15) is 48.7 Å². The van der Waals surface area contributed by atoms with Crippen LogP contribution in [-0.2, 0) is 12.8 Å². The average molecular weight is 277 g/mol. The van der Waals surface area contributed by atoms with E-state index in [1.165, 1.54) is 9.75 Å². The van der Waals surface area contributed by atoms with Gasteiger partial charge in [0.2, 0.25) is 0 Å². The maximum atomic E-state index is 5.37. The fourth-order valence-corrected chi connectivity index (χ4v) is 3.19. The molecule has 0 amide bonds. The molecule has 2 nitrogen and oxygen atoms in total. The van der Waals surface area contributed by atoms with Crippen molar-refractivity contribution in [3.8, 4) is 0 Å². The quantitative estimate of drug-likeness (QED) is 0.801. The second-order valence-electron chi connectivity index (χ2n) is 5.07. The SMILES string of the molecule is CCc1ccc(C(C)NC(C)CCc2ccco2)s1. The summed E-state index contributed by atoms with van der Waals surface area (Å²) in [4.78, 5) is 2.90. The number of aryl methyl sites for hydroxylation is 2. The summed E-state index contributed by atoms with van der Waals surface area (Å²) in [6.45, 7) is 6.70. The van der Waals surface area contributed by atoms with E-state index in [2.05, 4.69) is 38.2 Å². The number of rotatable bonds is 7. The van der Waals surface area contributed by atoms with E-state index in [4.69, 9.17) is 4.42 Å². The monoisotopic (exact) mass is 277 g/mol. The summed E-state index contributed by atoms with van der Waals surface area (Å²) in [7, 11) is 0. The predicted octanol–water partition coefficient (Wildman–Crippen LogP) is 4.58. The molecule has 0 aromatic carbocycles. The third kappa shape index (κ3) is 4.22. The summed E-state index contributed by atoms with van der Waals surface area (Å²) < 4.78 is 5.37. The first kappa shape index (κ1) is 14.4. The summed E-state index contributed by atoms with van der Waals surface area (Å²) in [5.74, 6) is 1.07. The summed E-state index contributed by atoms with van der Waals surface area (Å²) in [5, 5.41) is 3.66. The number of hydrogen-bond donors (Lipinski definition) is 1. The topological polar surface area (TPSA) is 25.2 Å². The molecule has 0 saturated heterocycles. The molecule has 2 unspecified atom stereocenters. The second-order valence-corrected chi connectivity index (χ2v) is 6.26. The lowest BCUT2D eigenvalue weighted by Crippen LogP contribution is -2.28. The Bertz CT molecular complexity index is 475. The average Bonchev–Trinajstić information content (AvgIpc) is 3.07. The molecule has 2 rings (SSSR count). The van der Waals surface area contributed by atoms with Crippen molar-refractivity contribution in [1.82, 2.24) is 5.32 Å². The van der Waals surface area contributed by atoms with Gasteiger partial charge >= 0.3 is 0 Å². The molecule has 0 aliphatic rings. The molecule has 0 aliphatic carbocycles. The van der Waals surface area contributed by atoms with Crippen molar-refractivity contribution in [1.29, 1.82) is 0 Å². The van der Waals surface area contributed by atoms with Crippen LogP contribution >= 0.6 is 11.3 Å². The van der Waals surface area contributed by atoms with Crippen molar-refractivity contribution in [2.24, 2.45) is 0 Å². The molecular formula is C16H23NOS. The van der Waals surface area contributed by atoms with Crippen LogP contribution in [0.25, 0.3) is 0 Å². The van der Waals surface area contributed by atoms with Crippen LogP contribution in [0.5, 0.6) is 0 Å². The highest BCUT2D eigenvalue weighted by molar-refractivity contribution is 7.12. The van der Waals surface area contributed by atoms with Gasteiger partial charge in [0.05, 0.1) is 6.26 Å². The van der Waals surface area contributed by atoms with E-state index in [0.717, 1.165) is 25.0 Å². The molecule has 3 heteroatoms. The van der Waals surface area contributed by atoms with E-state index in [1.54, 1.807) is 6.26 Å². The number of thiophene rings is 1. The first-order valence-corrected chi connectivity index (χ1v) is 7.87. The standard InChI is InChI=1S/C16H23NOS/c1-4-15-9-10-16(19-15)13(3)17-12(2)7-8-14-6-5-11-18-14/h5-6,9-13,17H,4,7-8H2,1-3H3. The molecule has 1 N–H and O–H groups in total. The van der Waals surface area contributed by atoms with Crippen LogP contribution in [0.3, 0.4) is 0 Å². The summed E-state index contributed by atoms with van der Waals surface area (Å²) in [6, 6.07) is 9.41. The van der Waals surface area contributed by atoms with Gasteiger partial charge in [-0.05, 0) is 51.0 Å². The van der Waals surface area contributed by atoms with Gasteiger partial charge in [0.15, 0.2) is 0 Å². The molecule has 0 aliphatic heterocycles. The Kier molecular flexibility index (Phi) is 5.23. The van der Waals surface area contributed by atoms with Gasteiger partial charge in [-0.2, -0.15) is 0 Å². The predicted molar refractivity (Wildman–Crippen MR) is 81.7 cm³/mol. The zero-order valence-electron chi connectivity index (χ0n) is 12.0. The minimum atomic E-state index is 0.428. The molecule has 2 aromatic heterocycles. The minimum absolute atomic E-state index is 0.428. The lowest BCUT2D eigenvalue weighted by molar-refractivity contribution is 0.433. The van der Waals surface area contributed by atoms with E-state index in [9.17, 15) is 0 Å². The van der Waals surface area contributed by atoms with Crippen LogP contribution < -0.4 is 5.32 Å². The van der Waals surface area contributed by atoms with Gasteiger partial charge in [0, 0.05) is 28.3 Å². The van der Waals surface area contributed by atoms with Crippen molar-refractivity contribution in [2.45, 2.75) is 52.1 Å². The zero-order chi connectivity index (χ0) is 13.7. The van der Waals surface area contributed by atoms with Gasteiger partial charge in [0.1, 0.15) is 5.76 Å². The highest BCUT2D eigenvalue weighted by Gasteiger charge is 2.12. The van der Waals surface area contributed by atoms with Crippen LogP contribution in [-0.4, -0.2) is 6.04 Å². The van der Waals surface area contributed by atoms with Gasteiger partial charge in [-0.15, -0.1) is 11.3 Å². The van der Waals surface area contributed by atoms with Crippen molar-refractivity contribution in [2.75, 3.05) is 0 Å². The molecule has 0 saturated carbocycles. The molecular weight excluding hydrogens is 254 g/mol. The molecule has 2 heterocycles. The molecule has 104 valence electrons. The van der Waals surface area contributed by atoms with Gasteiger partial charge in [-0.25, -0.2) is 0 Å². The van der Waals surface area contributed by atoms with E-state index in [0.29, 0.717) is 12.1 Å². The molecule has 2 atom stereocenters. The van der Waals surface area contributed by atoms with Gasteiger partial charge in [0.25, 0.3) is 0 Å². The fraction of sp³-hybridized carbons (Fsp3) is 0.500. The van der Waals surface area contributed by atoms with Crippen molar-refractivity contribution in [3.63, 3.8) is 0 Å². The summed E-state index contributed by atoms with van der Waals surface area (Å²) >= 11 is 1.92. The Hall–Kier alpha value is -1.06. The van der Waals surface area contributed by atoms with Crippen LogP contribution in [0.2, 0.25) is 0 Å². The second kappa shape index (κ2) is 6.92. The minimum Gasteiger partial charge on any atom is -0.469 e. The molecule has 19 heavy (non-hydrogen) atoms. The Morgan fingerprint density at radius 3 is 2.74 bits per heavy atom. The first-order valence-electron chi connectivity index (χ1n) is 7.06. The maximum absolute atomic E-state index is 5.37. The van der Waals surface area contributed by atoms with Crippen LogP contribution in [0, 0.1) is 0 Å². The van der Waals surface area contributed by atoms with Gasteiger partial charge in [-0.1, -0.05) is 6.92 Å². The molecule has 0 radical (unpaired) electrons. The van der Waals surface area contributed by atoms with Crippen molar-refractivity contribution >= 4 is 11.3 Å². The lowest BCUT2D eigenvalue weighted by atomic mass is 10.1. The molecule has 0 bridgehead atoms. The summed E-state index contributed by atoms with van der Waals surface area (Å²) in [5.41, 5.74) is 0. The Labute approximate surface area is 119 Å². The van der Waals surface area contributed by atoms with Gasteiger partial charge in [-0.3, -0.25) is 0 Å². The Morgan fingerprint density at radius 1 is 1.26 bits per heavy atom. The van der Waals surface area contributed by atoms with Crippen LogP contribution in [0.15, 0.2) is 34.9 Å². The normalized spacial score (nSPS) is 14.5. The van der Waals surface area contributed by atoms with E-state index < -0.39 is 0 Å². The maximum Gasteiger partial charge on any atom is 0.103 e. The third-order valence-electron chi connectivity index (χ3n) is 3.40. The number of hydrogen-bond acceptors (Lipinski definition) is 3. The number of furan rings is 1. The Morgan fingerprint density at radius 2 is 2.11 bits per heavy atom. The zero-order valence-corrected chi connectivity index (χ0v) is 12.8. The lowest BCUT2D eigenvalue weighted by Gasteiger charge is -2.18. The first-order chi connectivity index (χ1) is 9.19. The smallest absolute Gasteiger partial charge is 0.103 e. The molecule has 2 aromatic rings. The highest BCUT2D eigenvalue weighted by Crippen LogP contribution is 2.24. The van der Waals surface area contributed by atoms with Gasteiger partial charge < -0.3 is 9.73 Å².